The number of methoxy groups -OCH3 is 3. The first-order chi connectivity index (χ1) is 8.12. The number of benzene rings is 1. The van der Waals surface area contributed by atoms with Crippen molar-refractivity contribution < 1.29 is 23.7 Å². The molecule has 0 fully saturated rings. The molecule has 0 amide bonds. The van der Waals surface area contributed by atoms with Gasteiger partial charge in [0.05, 0.1) is 6.61 Å². The second-order valence-corrected chi connectivity index (χ2v) is 3.63. The first-order valence-electron chi connectivity index (χ1n) is 5.16. The Morgan fingerprint density at radius 2 is 1.88 bits per heavy atom. The molecular formula is C12H17FO4. The largest absolute Gasteiger partial charge is 0.508 e. The van der Waals surface area contributed by atoms with E-state index < -0.39 is 11.9 Å². The Hall–Kier alpha value is -1.17. The Bertz CT molecular complexity index is 336. The van der Waals surface area contributed by atoms with Gasteiger partial charge in [0.2, 0.25) is 0 Å². The fourth-order valence-corrected chi connectivity index (χ4v) is 1.71. The first kappa shape index (κ1) is 13.9. The first-order valence-corrected chi connectivity index (χ1v) is 5.16. The molecule has 0 aromatic heterocycles. The fourth-order valence-electron chi connectivity index (χ4n) is 1.71. The lowest BCUT2D eigenvalue weighted by Gasteiger charge is -2.24. The van der Waals surface area contributed by atoms with E-state index in [9.17, 15) is 9.50 Å². The Balaban J connectivity index is 2.98. The average Bonchev–Trinajstić information content (AvgIpc) is 2.27. The highest BCUT2D eigenvalue weighted by molar-refractivity contribution is 5.30. The molecule has 1 rings (SSSR count). The van der Waals surface area contributed by atoms with Crippen molar-refractivity contribution in [1.29, 1.82) is 0 Å². The number of hydrogen-bond donors (Lipinski definition) is 1. The summed E-state index contributed by atoms with van der Waals surface area (Å²) in [4.78, 5) is 0. The van der Waals surface area contributed by atoms with Gasteiger partial charge in [0.15, 0.2) is 0 Å². The van der Waals surface area contributed by atoms with Gasteiger partial charge >= 0.3 is 0 Å². The molecule has 0 saturated heterocycles. The molecule has 0 unspecified atom stereocenters. The molecule has 0 aliphatic carbocycles. The van der Waals surface area contributed by atoms with E-state index in [1.54, 1.807) is 7.11 Å². The van der Waals surface area contributed by atoms with Crippen LogP contribution in [-0.2, 0) is 14.2 Å². The molecule has 0 saturated carbocycles. The van der Waals surface area contributed by atoms with E-state index in [0.29, 0.717) is 12.2 Å². The smallest absolute Gasteiger partial charge is 0.127 e. The molecule has 1 aromatic carbocycles. The van der Waals surface area contributed by atoms with Crippen LogP contribution in [0.2, 0.25) is 0 Å². The molecule has 2 atom stereocenters. The number of hydrogen-bond acceptors (Lipinski definition) is 4. The lowest BCUT2D eigenvalue weighted by atomic mass is 10.0. The number of aromatic hydroxyl groups is 1. The molecular weight excluding hydrogens is 227 g/mol. The number of halogens is 1. The Kier molecular flexibility index (Phi) is 5.34. The van der Waals surface area contributed by atoms with E-state index in [2.05, 4.69) is 0 Å². The van der Waals surface area contributed by atoms with Gasteiger partial charge in [-0.3, -0.25) is 0 Å². The predicted octanol–water partition coefficient (Wildman–Crippen LogP) is 1.88. The zero-order chi connectivity index (χ0) is 12.8. The Morgan fingerprint density at radius 3 is 2.35 bits per heavy atom. The van der Waals surface area contributed by atoms with E-state index >= 15 is 0 Å². The molecule has 0 aliphatic heterocycles. The predicted molar refractivity (Wildman–Crippen MR) is 60.5 cm³/mol. The quantitative estimate of drug-likeness (QED) is 0.830. The summed E-state index contributed by atoms with van der Waals surface area (Å²) in [5, 5.41) is 9.36. The maximum Gasteiger partial charge on any atom is 0.127 e. The molecule has 0 aliphatic rings. The van der Waals surface area contributed by atoms with Gasteiger partial charge in [-0.1, -0.05) is 0 Å². The maximum absolute atomic E-state index is 13.2. The van der Waals surface area contributed by atoms with E-state index in [1.165, 1.54) is 26.4 Å². The summed E-state index contributed by atoms with van der Waals surface area (Å²) in [7, 11) is 4.56. The van der Waals surface area contributed by atoms with Crippen LogP contribution in [0.3, 0.4) is 0 Å². The molecule has 5 heteroatoms. The lowest BCUT2D eigenvalue weighted by Crippen LogP contribution is -2.27. The summed E-state index contributed by atoms with van der Waals surface area (Å²) in [6.45, 7) is 0.312. The van der Waals surface area contributed by atoms with Crippen LogP contribution in [0.5, 0.6) is 5.75 Å². The molecule has 4 nitrogen and oxygen atoms in total. The second kappa shape index (κ2) is 6.54. The molecule has 17 heavy (non-hydrogen) atoms. The number of phenolic OH excluding ortho intramolecular Hbond substituents is 1. The zero-order valence-electron chi connectivity index (χ0n) is 10.1. The van der Waals surface area contributed by atoms with E-state index in [-0.39, 0.29) is 11.9 Å². The molecule has 0 bridgehead atoms. The second-order valence-electron chi connectivity index (χ2n) is 3.63. The molecule has 1 aromatic rings. The summed E-state index contributed by atoms with van der Waals surface area (Å²) in [6, 6.07) is 3.78. The number of phenols is 1. The van der Waals surface area contributed by atoms with Crippen LogP contribution >= 0.6 is 0 Å². The molecule has 0 heterocycles. The van der Waals surface area contributed by atoms with Gasteiger partial charge in [-0.25, -0.2) is 4.39 Å². The maximum atomic E-state index is 13.2. The number of ether oxygens (including phenoxy) is 3. The minimum absolute atomic E-state index is 0.144. The van der Waals surface area contributed by atoms with Crippen molar-refractivity contribution in [2.24, 2.45) is 0 Å². The van der Waals surface area contributed by atoms with Crippen molar-refractivity contribution in [1.82, 2.24) is 0 Å². The van der Waals surface area contributed by atoms with Gasteiger partial charge in [-0.15, -0.1) is 0 Å². The molecule has 1 N–H and O–H groups in total. The summed E-state index contributed by atoms with van der Waals surface area (Å²) in [5.41, 5.74) is 0.508. The van der Waals surface area contributed by atoms with Crippen molar-refractivity contribution in [3.05, 3.63) is 29.6 Å². The van der Waals surface area contributed by atoms with Crippen LogP contribution < -0.4 is 0 Å². The van der Waals surface area contributed by atoms with Gasteiger partial charge in [0.25, 0.3) is 0 Å². The van der Waals surface area contributed by atoms with Crippen molar-refractivity contribution in [3.8, 4) is 5.75 Å². The van der Waals surface area contributed by atoms with Gasteiger partial charge in [-0.2, -0.15) is 0 Å². The van der Waals surface area contributed by atoms with Crippen molar-refractivity contribution in [3.63, 3.8) is 0 Å². The SMILES string of the molecule is COC[C@@H](OC)[C@@H](OC)c1cc(O)cc(F)c1. The van der Waals surface area contributed by atoms with Crippen molar-refractivity contribution >= 4 is 0 Å². The lowest BCUT2D eigenvalue weighted by molar-refractivity contribution is -0.0697. The van der Waals surface area contributed by atoms with Gasteiger partial charge in [-0.05, 0) is 17.7 Å². The van der Waals surface area contributed by atoms with Crippen LogP contribution in [0.15, 0.2) is 18.2 Å². The van der Waals surface area contributed by atoms with Crippen LogP contribution in [-0.4, -0.2) is 39.1 Å². The molecule has 96 valence electrons. The van der Waals surface area contributed by atoms with E-state index in [0.717, 1.165) is 6.07 Å². The van der Waals surface area contributed by atoms with Crippen LogP contribution in [0, 0.1) is 5.82 Å². The van der Waals surface area contributed by atoms with E-state index in [4.69, 9.17) is 14.2 Å². The summed E-state index contributed by atoms with van der Waals surface area (Å²) in [6.07, 6.45) is -0.868. The van der Waals surface area contributed by atoms with Gasteiger partial charge in [0.1, 0.15) is 23.8 Å². The molecule has 0 spiro atoms. The van der Waals surface area contributed by atoms with Crippen molar-refractivity contribution in [2.45, 2.75) is 12.2 Å². The molecule has 0 radical (unpaired) electrons. The standard InChI is InChI=1S/C12H17FO4/c1-15-7-11(16-2)12(17-3)8-4-9(13)6-10(14)5-8/h4-6,11-12,14H,7H2,1-3H3/t11-,12+/m1/s1. The minimum atomic E-state index is -0.519. The third kappa shape index (κ3) is 3.66. The van der Waals surface area contributed by atoms with Gasteiger partial charge in [0, 0.05) is 27.4 Å². The average molecular weight is 244 g/mol. The zero-order valence-corrected chi connectivity index (χ0v) is 10.1. The van der Waals surface area contributed by atoms with E-state index in [1.807, 2.05) is 0 Å². The summed E-state index contributed by atoms with van der Waals surface area (Å²) >= 11 is 0. The third-order valence-corrected chi connectivity index (χ3v) is 2.46. The normalized spacial score (nSPS) is 14.6. The summed E-state index contributed by atoms with van der Waals surface area (Å²) < 4.78 is 28.7. The third-order valence-electron chi connectivity index (χ3n) is 2.46. The highest BCUT2D eigenvalue weighted by atomic mass is 19.1. The monoisotopic (exact) mass is 244 g/mol. The van der Waals surface area contributed by atoms with Crippen LogP contribution in [0.1, 0.15) is 11.7 Å². The Morgan fingerprint density at radius 1 is 1.18 bits per heavy atom. The summed E-state index contributed by atoms with van der Waals surface area (Å²) in [5.74, 6) is -0.663. The van der Waals surface area contributed by atoms with Crippen LogP contribution in [0.25, 0.3) is 0 Å². The highest BCUT2D eigenvalue weighted by Crippen LogP contribution is 2.26. The number of rotatable bonds is 6. The minimum Gasteiger partial charge on any atom is -0.508 e. The van der Waals surface area contributed by atoms with Gasteiger partial charge < -0.3 is 19.3 Å². The fraction of sp³-hybridized carbons (Fsp3) is 0.500. The Labute approximate surface area is 99.9 Å². The van der Waals surface area contributed by atoms with Crippen molar-refractivity contribution in [2.75, 3.05) is 27.9 Å². The highest BCUT2D eigenvalue weighted by Gasteiger charge is 2.23. The van der Waals surface area contributed by atoms with Crippen LogP contribution in [0.4, 0.5) is 4.39 Å². The topological polar surface area (TPSA) is 47.9 Å².